The van der Waals surface area contributed by atoms with Crippen LogP contribution in [-0.4, -0.2) is 14.1 Å². The van der Waals surface area contributed by atoms with Crippen molar-refractivity contribution in [1.82, 2.24) is 0 Å². The van der Waals surface area contributed by atoms with Crippen LogP contribution in [0.25, 0.3) is 0 Å². The minimum Gasteiger partial charge on any atom is -0.257 e. The quantitative estimate of drug-likeness (QED) is 0.729. The van der Waals surface area contributed by atoms with Crippen LogP contribution in [0.1, 0.15) is 23.6 Å². The van der Waals surface area contributed by atoms with Crippen LogP contribution in [0, 0.1) is 5.82 Å². The molecule has 0 bridgehead atoms. The van der Waals surface area contributed by atoms with Crippen LogP contribution < -0.4 is 10.1 Å². The Morgan fingerprint density at radius 3 is 2.32 bits per heavy atom. The van der Waals surface area contributed by atoms with Gasteiger partial charge in [-0.3, -0.25) is 5.01 Å². The maximum absolute atomic E-state index is 13.8. The molecule has 1 aliphatic rings. The zero-order valence-electron chi connectivity index (χ0n) is 14.9. The summed E-state index contributed by atoms with van der Waals surface area (Å²) in [5.74, 6) is -0.310. The van der Waals surface area contributed by atoms with Crippen LogP contribution in [0.15, 0.2) is 88.9 Å². The summed E-state index contributed by atoms with van der Waals surface area (Å²) in [4.78, 5) is 0.0324. The van der Waals surface area contributed by atoms with Crippen molar-refractivity contribution in [2.24, 2.45) is 10.2 Å². The van der Waals surface area contributed by atoms with E-state index in [1.807, 2.05) is 36.4 Å². The number of anilines is 1. The van der Waals surface area contributed by atoms with Gasteiger partial charge in [-0.15, -0.1) is 0 Å². The molecule has 0 amide bonds. The number of nitrogens with two attached hydrogens (primary N) is 1. The molecule has 1 aliphatic heterocycles. The number of nitrogens with zero attached hydrogens (tertiary/aromatic N) is 2. The Morgan fingerprint density at radius 1 is 0.964 bits per heavy atom. The van der Waals surface area contributed by atoms with Crippen molar-refractivity contribution in [2.75, 3.05) is 5.01 Å². The second kappa shape index (κ2) is 7.18. The Hall–Kier alpha value is -3.03. The molecule has 0 spiro atoms. The van der Waals surface area contributed by atoms with E-state index in [1.54, 1.807) is 23.2 Å². The van der Waals surface area contributed by atoms with Crippen LogP contribution in [0.3, 0.4) is 0 Å². The van der Waals surface area contributed by atoms with Crippen molar-refractivity contribution in [2.45, 2.75) is 17.4 Å². The van der Waals surface area contributed by atoms with E-state index >= 15 is 0 Å². The molecule has 0 aromatic heterocycles. The van der Waals surface area contributed by atoms with Crippen molar-refractivity contribution in [3.8, 4) is 0 Å². The van der Waals surface area contributed by atoms with E-state index in [2.05, 4.69) is 0 Å². The van der Waals surface area contributed by atoms with Crippen molar-refractivity contribution in [3.05, 3.63) is 95.8 Å². The van der Waals surface area contributed by atoms with Gasteiger partial charge < -0.3 is 0 Å². The third-order valence-corrected chi connectivity index (χ3v) is 5.61. The number of halogens is 1. The number of hydrogen-bond acceptors (Lipinski definition) is 4. The molecule has 3 aromatic rings. The van der Waals surface area contributed by atoms with Gasteiger partial charge in [0.1, 0.15) is 5.82 Å². The molecule has 5 nitrogen and oxygen atoms in total. The van der Waals surface area contributed by atoms with Gasteiger partial charge in [0.05, 0.1) is 22.3 Å². The Balaban J connectivity index is 1.76. The zero-order valence-corrected chi connectivity index (χ0v) is 15.7. The summed E-state index contributed by atoms with van der Waals surface area (Å²) in [5, 5.41) is 11.7. The molecular formula is C21H18FN3O2S. The van der Waals surface area contributed by atoms with Gasteiger partial charge in [-0.05, 0) is 47.5 Å². The Morgan fingerprint density at radius 2 is 1.68 bits per heavy atom. The first kappa shape index (κ1) is 18.3. The van der Waals surface area contributed by atoms with E-state index in [4.69, 9.17) is 10.2 Å². The van der Waals surface area contributed by atoms with Gasteiger partial charge >= 0.3 is 0 Å². The fourth-order valence-corrected chi connectivity index (χ4v) is 3.83. The van der Waals surface area contributed by atoms with Gasteiger partial charge in [-0.25, -0.2) is 17.9 Å². The highest BCUT2D eigenvalue weighted by molar-refractivity contribution is 7.89. The molecule has 1 heterocycles. The van der Waals surface area contributed by atoms with Gasteiger partial charge in [0, 0.05) is 6.42 Å². The van der Waals surface area contributed by atoms with Gasteiger partial charge in [0.15, 0.2) is 0 Å². The molecule has 0 fully saturated rings. The summed E-state index contributed by atoms with van der Waals surface area (Å²) in [6, 6.07) is 22.2. The Labute approximate surface area is 163 Å². The van der Waals surface area contributed by atoms with E-state index in [1.165, 1.54) is 24.3 Å². The smallest absolute Gasteiger partial charge is 0.238 e. The fraction of sp³-hybridized carbons (Fsp3) is 0.0952. The van der Waals surface area contributed by atoms with Crippen molar-refractivity contribution in [3.63, 3.8) is 0 Å². The lowest BCUT2D eigenvalue weighted by Gasteiger charge is -2.24. The largest absolute Gasteiger partial charge is 0.257 e. The van der Waals surface area contributed by atoms with Crippen molar-refractivity contribution in [1.29, 1.82) is 0 Å². The highest BCUT2D eigenvalue weighted by atomic mass is 32.2. The number of primary sulfonamides is 1. The predicted octanol–water partition coefficient (Wildman–Crippen LogP) is 3.83. The first-order valence-corrected chi connectivity index (χ1v) is 10.3. The Kier molecular flexibility index (Phi) is 4.70. The molecule has 2 N–H and O–H groups in total. The lowest BCUT2D eigenvalue weighted by Crippen LogP contribution is -2.19. The lowest BCUT2D eigenvalue weighted by molar-refractivity contribution is 0.597. The van der Waals surface area contributed by atoms with Gasteiger partial charge in [-0.1, -0.05) is 42.5 Å². The van der Waals surface area contributed by atoms with E-state index in [0.717, 1.165) is 16.8 Å². The van der Waals surface area contributed by atoms with E-state index in [-0.39, 0.29) is 16.8 Å². The normalized spacial score (nSPS) is 16.9. The van der Waals surface area contributed by atoms with E-state index in [9.17, 15) is 12.8 Å². The van der Waals surface area contributed by atoms with Gasteiger partial charge in [0.2, 0.25) is 10.0 Å². The number of hydrogen-bond donors (Lipinski definition) is 1. The molecule has 3 aromatic carbocycles. The second-order valence-electron chi connectivity index (χ2n) is 6.57. The third-order valence-electron chi connectivity index (χ3n) is 4.68. The molecule has 0 radical (unpaired) electrons. The molecule has 0 aliphatic carbocycles. The van der Waals surface area contributed by atoms with E-state index < -0.39 is 10.0 Å². The third kappa shape index (κ3) is 3.67. The maximum Gasteiger partial charge on any atom is 0.238 e. The van der Waals surface area contributed by atoms with Crippen molar-refractivity contribution >= 4 is 21.4 Å². The highest BCUT2D eigenvalue weighted by Gasteiger charge is 2.30. The summed E-state index contributed by atoms with van der Waals surface area (Å²) < 4.78 is 36.9. The summed E-state index contributed by atoms with van der Waals surface area (Å²) in [7, 11) is -3.77. The molecule has 0 saturated carbocycles. The molecular weight excluding hydrogens is 377 g/mol. The molecule has 0 saturated heterocycles. The standard InChI is InChI=1S/C21H18FN3O2S/c22-17-8-4-7-16(13-17)21-14-20(15-5-2-1-3-6-15)24-25(21)18-9-11-19(12-10-18)28(23,26)27/h1-13,21H,14H2,(H2,23,26,27)/t21-/m1/s1. The molecule has 28 heavy (non-hydrogen) atoms. The monoisotopic (exact) mass is 395 g/mol. The first-order chi connectivity index (χ1) is 13.4. The highest BCUT2D eigenvalue weighted by Crippen LogP contribution is 2.37. The summed E-state index contributed by atoms with van der Waals surface area (Å²) in [6.07, 6.45) is 0.602. The molecule has 0 unspecified atom stereocenters. The number of rotatable bonds is 4. The Bertz CT molecular complexity index is 1130. The number of sulfonamides is 1. The predicted molar refractivity (Wildman–Crippen MR) is 107 cm³/mol. The number of benzene rings is 3. The van der Waals surface area contributed by atoms with Crippen LogP contribution in [0.2, 0.25) is 0 Å². The van der Waals surface area contributed by atoms with Crippen LogP contribution >= 0.6 is 0 Å². The summed E-state index contributed by atoms with van der Waals surface area (Å²) in [5.41, 5.74) is 3.37. The summed E-state index contributed by atoms with van der Waals surface area (Å²) in [6.45, 7) is 0. The minimum atomic E-state index is -3.77. The van der Waals surface area contributed by atoms with Crippen LogP contribution in [0.4, 0.5) is 10.1 Å². The molecule has 7 heteroatoms. The van der Waals surface area contributed by atoms with Gasteiger partial charge in [-0.2, -0.15) is 5.10 Å². The van der Waals surface area contributed by atoms with Crippen LogP contribution in [-0.2, 0) is 10.0 Å². The molecule has 142 valence electrons. The summed E-state index contributed by atoms with van der Waals surface area (Å²) >= 11 is 0. The van der Waals surface area contributed by atoms with Gasteiger partial charge in [0.25, 0.3) is 0 Å². The second-order valence-corrected chi connectivity index (χ2v) is 8.13. The molecule has 1 atom stereocenters. The number of hydrazone groups is 1. The average Bonchev–Trinajstić information content (AvgIpc) is 3.14. The molecule has 4 rings (SSSR count). The minimum absolute atomic E-state index is 0.0324. The van der Waals surface area contributed by atoms with Crippen molar-refractivity contribution < 1.29 is 12.8 Å². The SMILES string of the molecule is NS(=O)(=O)c1ccc(N2N=C(c3ccccc3)C[C@@H]2c2cccc(F)c2)cc1. The zero-order chi connectivity index (χ0) is 19.7. The lowest BCUT2D eigenvalue weighted by atomic mass is 9.98. The fourth-order valence-electron chi connectivity index (χ4n) is 3.32. The topological polar surface area (TPSA) is 75.8 Å². The van der Waals surface area contributed by atoms with E-state index in [0.29, 0.717) is 12.1 Å². The van der Waals surface area contributed by atoms with Crippen LogP contribution in [0.5, 0.6) is 0 Å². The first-order valence-electron chi connectivity index (χ1n) is 8.72. The average molecular weight is 395 g/mol. The maximum atomic E-state index is 13.8.